The summed E-state index contributed by atoms with van der Waals surface area (Å²) in [6.07, 6.45) is -4.42. The number of halogens is 3. The number of anilines is 1. The minimum absolute atomic E-state index is 0.0877. The third kappa shape index (κ3) is 4.64. The van der Waals surface area contributed by atoms with Gasteiger partial charge < -0.3 is 14.4 Å². The molecule has 0 spiro atoms. The van der Waals surface area contributed by atoms with Crippen LogP contribution >= 0.6 is 0 Å². The Kier molecular flexibility index (Phi) is 6.22. The van der Waals surface area contributed by atoms with Crippen molar-refractivity contribution in [2.24, 2.45) is 0 Å². The zero-order valence-electron chi connectivity index (χ0n) is 15.4. The van der Waals surface area contributed by atoms with Gasteiger partial charge in [-0.3, -0.25) is 0 Å². The van der Waals surface area contributed by atoms with Crippen molar-refractivity contribution in [3.05, 3.63) is 65.2 Å². The zero-order valence-corrected chi connectivity index (χ0v) is 15.4. The molecule has 148 valence electrons. The predicted octanol–water partition coefficient (Wildman–Crippen LogP) is 4.74. The van der Waals surface area contributed by atoms with Crippen molar-refractivity contribution >= 4 is 5.69 Å². The summed E-state index contributed by atoms with van der Waals surface area (Å²) in [5.41, 5.74) is 0.0593. The van der Waals surface area contributed by atoms with Gasteiger partial charge in [0.25, 0.3) is 0 Å². The Balaban J connectivity index is 1.77. The molecule has 0 radical (unpaired) electrons. The fraction of sp³-hybridized carbons (Fsp3) is 0.381. The number of hydrogen-bond acceptors (Lipinski definition) is 4. The highest BCUT2D eigenvalue weighted by Gasteiger charge is 2.37. The first-order valence-corrected chi connectivity index (χ1v) is 9.07. The Labute approximate surface area is 162 Å². The van der Waals surface area contributed by atoms with Crippen LogP contribution in [0.3, 0.4) is 0 Å². The Morgan fingerprint density at radius 2 is 1.96 bits per heavy atom. The van der Waals surface area contributed by atoms with E-state index in [0.717, 1.165) is 18.1 Å². The molecular formula is C21H21F3N2O2. The van der Waals surface area contributed by atoms with E-state index in [-0.39, 0.29) is 18.3 Å². The van der Waals surface area contributed by atoms with E-state index in [0.29, 0.717) is 18.8 Å². The molecule has 1 saturated heterocycles. The third-order valence-corrected chi connectivity index (χ3v) is 4.69. The van der Waals surface area contributed by atoms with Crippen molar-refractivity contribution in [1.29, 1.82) is 5.26 Å². The van der Waals surface area contributed by atoms with Crippen LogP contribution in [0.4, 0.5) is 18.9 Å². The average Bonchev–Trinajstić information content (AvgIpc) is 3.11. The Morgan fingerprint density at radius 1 is 1.21 bits per heavy atom. The fourth-order valence-corrected chi connectivity index (χ4v) is 3.20. The number of benzene rings is 2. The number of hydrogen-bond donors (Lipinski definition) is 0. The molecular weight excluding hydrogens is 369 g/mol. The van der Waals surface area contributed by atoms with Gasteiger partial charge in [-0.1, -0.05) is 37.3 Å². The molecule has 0 aromatic heterocycles. The van der Waals surface area contributed by atoms with Gasteiger partial charge >= 0.3 is 6.18 Å². The minimum Gasteiger partial charge on any atom is -0.372 e. The van der Waals surface area contributed by atoms with Gasteiger partial charge in [0.1, 0.15) is 0 Å². The highest BCUT2D eigenvalue weighted by atomic mass is 19.4. The first-order valence-electron chi connectivity index (χ1n) is 9.07. The molecule has 0 aliphatic carbocycles. The third-order valence-electron chi connectivity index (χ3n) is 4.69. The SMILES string of the molecule is CC[C@@H]1CN(c2ccc(C#N)c(C(F)(F)F)c2)[C@@H](COCc2ccccc2)O1. The summed E-state index contributed by atoms with van der Waals surface area (Å²) >= 11 is 0. The van der Waals surface area contributed by atoms with Crippen LogP contribution in [0, 0.1) is 11.3 Å². The molecule has 1 aliphatic rings. The van der Waals surface area contributed by atoms with E-state index in [2.05, 4.69) is 0 Å². The molecule has 7 heteroatoms. The molecule has 0 N–H and O–H groups in total. The summed E-state index contributed by atoms with van der Waals surface area (Å²) in [4.78, 5) is 1.77. The average molecular weight is 390 g/mol. The molecule has 0 amide bonds. The highest BCUT2D eigenvalue weighted by Crippen LogP contribution is 2.36. The number of nitrogens with zero attached hydrogens (tertiary/aromatic N) is 2. The fourth-order valence-electron chi connectivity index (χ4n) is 3.20. The van der Waals surface area contributed by atoms with Crippen molar-refractivity contribution < 1.29 is 22.6 Å². The summed E-state index contributed by atoms with van der Waals surface area (Å²) in [5, 5.41) is 8.99. The van der Waals surface area contributed by atoms with Crippen LogP contribution in [0.1, 0.15) is 30.0 Å². The van der Waals surface area contributed by atoms with Crippen molar-refractivity contribution in [1.82, 2.24) is 0 Å². The van der Waals surface area contributed by atoms with E-state index < -0.39 is 18.0 Å². The normalized spacial score (nSPS) is 19.6. The first kappa shape index (κ1) is 20.2. The summed E-state index contributed by atoms with van der Waals surface area (Å²) in [5.74, 6) is 0. The number of ether oxygens (including phenoxy) is 2. The Bertz CT molecular complexity index is 834. The summed E-state index contributed by atoms with van der Waals surface area (Å²) in [7, 11) is 0. The monoisotopic (exact) mass is 390 g/mol. The van der Waals surface area contributed by atoms with Gasteiger partial charge in [0.05, 0.1) is 36.5 Å². The maximum atomic E-state index is 13.3. The van der Waals surface area contributed by atoms with Crippen molar-refractivity contribution in [2.45, 2.75) is 38.5 Å². The molecule has 1 heterocycles. The number of nitriles is 1. The Hall–Kier alpha value is -2.56. The number of rotatable bonds is 6. The van der Waals surface area contributed by atoms with Crippen LogP contribution in [0.25, 0.3) is 0 Å². The molecule has 2 aromatic carbocycles. The molecule has 0 unspecified atom stereocenters. The maximum absolute atomic E-state index is 13.3. The second-order valence-corrected chi connectivity index (χ2v) is 6.61. The van der Waals surface area contributed by atoms with Gasteiger partial charge in [-0.2, -0.15) is 18.4 Å². The molecule has 0 saturated carbocycles. The lowest BCUT2D eigenvalue weighted by atomic mass is 10.1. The van der Waals surface area contributed by atoms with Crippen LogP contribution in [-0.4, -0.2) is 25.5 Å². The van der Waals surface area contributed by atoms with Crippen LogP contribution in [0.5, 0.6) is 0 Å². The van der Waals surface area contributed by atoms with Crippen molar-refractivity contribution in [3.8, 4) is 6.07 Å². The van der Waals surface area contributed by atoms with Gasteiger partial charge in [0.2, 0.25) is 0 Å². The molecule has 2 atom stereocenters. The van der Waals surface area contributed by atoms with Crippen LogP contribution in [0.15, 0.2) is 48.5 Å². The van der Waals surface area contributed by atoms with Crippen molar-refractivity contribution in [2.75, 3.05) is 18.1 Å². The lowest BCUT2D eigenvalue weighted by Crippen LogP contribution is -2.34. The molecule has 2 aromatic rings. The minimum atomic E-state index is -4.59. The quantitative estimate of drug-likeness (QED) is 0.715. The second-order valence-electron chi connectivity index (χ2n) is 6.61. The molecule has 28 heavy (non-hydrogen) atoms. The maximum Gasteiger partial charge on any atom is 0.417 e. The zero-order chi connectivity index (χ0) is 20.1. The largest absolute Gasteiger partial charge is 0.417 e. The summed E-state index contributed by atoms with van der Waals surface area (Å²) in [6, 6.07) is 15.0. The van der Waals surface area contributed by atoms with E-state index in [9.17, 15) is 13.2 Å². The van der Waals surface area contributed by atoms with Crippen molar-refractivity contribution in [3.63, 3.8) is 0 Å². The van der Waals surface area contributed by atoms with E-state index in [1.54, 1.807) is 11.0 Å². The lowest BCUT2D eigenvalue weighted by molar-refractivity contribution is -0.137. The smallest absolute Gasteiger partial charge is 0.372 e. The predicted molar refractivity (Wildman–Crippen MR) is 98.6 cm³/mol. The van der Waals surface area contributed by atoms with Gasteiger partial charge in [0.15, 0.2) is 6.23 Å². The molecule has 1 fully saturated rings. The second kappa shape index (κ2) is 8.63. The van der Waals surface area contributed by atoms with Gasteiger partial charge in [-0.15, -0.1) is 0 Å². The topological polar surface area (TPSA) is 45.5 Å². The van der Waals surface area contributed by atoms with E-state index in [4.69, 9.17) is 14.7 Å². The first-order chi connectivity index (χ1) is 13.4. The van der Waals surface area contributed by atoms with E-state index in [1.165, 1.54) is 12.1 Å². The van der Waals surface area contributed by atoms with Gasteiger partial charge in [-0.05, 0) is 30.2 Å². The molecule has 0 bridgehead atoms. The standard InChI is InChI=1S/C21H21F3N2O2/c1-2-18-12-26(17-9-8-16(11-25)19(10-17)21(22,23)24)20(28-18)14-27-13-15-6-4-3-5-7-15/h3-10,18,20H,2,12-14H2,1H3/t18-,20-/m1/s1. The number of alkyl halides is 3. The molecule has 1 aliphatic heterocycles. The Morgan fingerprint density at radius 3 is 2.61 bits per heavy atom. The molecule has 4 nitrogen and oxygen atoms in total. The highest BCUT2D eigenvalue weighted by molar-refractivity contribution is 5.55. The van der Waals surface area contributed by atoms with Gasteiger partial charge in [0, 0.05) is 12.2 Å². The van der Waals surface area contributed by atoms with Crippen LogP contribution in [-0.2, 0) is 22.3 Å². The summed E-state index contributed by atoms with van der Waals surface area (Å²) < 4.78 is 51.6. The molecule has 3 rings (SSSR count). The van der Waals surface area contributed by atoms with Crippen LogP contribution in [0.2, 0.25) is 0 Å². The lowest BCUT2D eigenvalue weighted by Gasteiger charge is -2.26. The van der Waals surface area contributed by atoms with E-state index in [1.807, 2.05) is 37.3 Å². The summed E-state index contributed by atoms with van der Waals surface area (Å²) in [6.45, 7) is 3.06. The van der Waals surface area contributed by atoms with E-state index >= 15 is 0 Å². The van der Waals surface area contributed by atoms with Crippen LogP contribution < -0.4 is 4.90 Å². The van der Waals surface area contributed by atoms with Gasteiger partial charge in [-0.25, -0.2) is 0 Å².